The third kappa shape index (κ3) is 1.64. The number of nitrogens with one attached hydrogen (secondary N) is 1. The van der Waals surface area contributed by atoms with Crippen LogP contribution in [0.15, 0.2) is 18.2 Å². The zero-order valence-corrected chi connectivity index (χ0v) is 7.87. The van der Waals surface area contributed by atoms with Gasteiger partial charge in [0.05, 0.1) is 6.42 Å². The molecule has 0 bridgehead atoms. The van der Waals surface area contributed by atoms with E-state index in [1.165, 1.54) is 0 Å². The van der Waals surface area contributed by atoms with Crippen LogP contribution in [0.3, 0.4) is 0 Å². The van der Waals surface area contributed by atoms with Crippen molar-refractivity contribution in [2.75, 3.05) is 13.8 Å². The standard InChI is InChI=1S/C10H11NO3/c1-11-10(12)5-7-2-3-8-9(4-7)14-6-13-8/h2-4H,5-6H2,1H3,(H,11,12). The molecule has 0 unspecified atom stereocenters. The molecule has 1 aromatic rings. The predicted molar refractivity (Wildman–Crippen MR) is 50.3 cm³/mol. The first-order valence-electron chi connectivity index (χ1n) is 4.38. The maximum absolute atomic E-state index is 11.1. The van der Waals surface area contributed by atoms with Crippen molar-refractivity contribution in [2.24, 2.45) is 0 Å². The Morgan fingerprint density at radius 1 is 1.43 bits per heavy atom. The maximum atomic E-state index is 11.1. The predicted octanol–water partition coefficient (Wildman–Crippen LogP) is 0.704. The summed E-state index contributed by atoms with van der Waals surface area (Å²) in [5, 5.41) is 2.57. The molecule has 4 heteroatoms. The van der Waals surface area contributed by atoms with Crippen LogP contribution in [0.2, 0.25) is 0 Å². The van der Waals surface area contributed by atoms with Crippen LogP contribution in [0, 0.1) is 0 Å². The van der Waals surface area contributed by atoms with E-state index in [-0.39, 0.29) is 12.7 Å². The van der Waals surface area contributed by atoms with E-state index in [9.17, 15) is 4.79 Å². The van der Waals surface area contributed by atoms with Crippen LogP contribution >= 0.6 is 0 Å². The number of carbonyl (C=O) groups is 1. The van der Waals surface area contributed by atoms with Crippen molar-refractivity contribution in [3.05, 3.63) is 23.8 Å². The number of benzene rings is 1. The number of hydrogen-bond donors (Lipinski definition) is 1. The van der Waals surface area contributed by atoms with Gasteiger partial charge in [-0.3, -0.25) is 4.79 Å². The SMILES string of the molecule is CNC(=O)Cc1ccc2c(c1)OCO2. The first kappa shape index (κ1) is 8.87. The molecule has 0 fully saturated rings. The number of amides is 1. The second kappa shape index (κ2) is 3.57. The Kier molecular flexibility index (Phi) is 2.26. The summed E-state index contributed by atoms with van der Waals surface area (Å²) in [5.74, 6) is 1.45. The number of rotatable bonds is 2. The van der Waals surface area contributed by atoms with Crippen LogP contribution in [0.25, 0.3) is 0 Å². The highest BCUT2D eigenvalue weighted by Gasteiger charge is 2.13. The first-order valence-corrected chi connectivity index (χ1v) is 4.38. The number of carbonyl (C=O) groups excluding carboxylic acids is 1. The quantitative estimate of drug-likeness (QED) is 0.752. The molecule has 1 aliphatic heterocycles. The molecule has 0 atom stereocenters. The van der Waals surface area contributed by atoms with E-state index in [1.807, 2.05) is 18.2 Å². The van der Waals surface area contributed by atoms with Gasteiger partial charge in [0, 0.05) is 7.05 Å². The fourth-order valence-electron chi connectivity index (χ4n) is 1.32. The molecule has 1 heterocycles. The largest absolute Gasteiger partial charge is 0.454 e. The van der Waals surface area contributed by atoms with Gasteiger partial charge in [0.1, 0.15) is 0 Å². The first-order chi connectivity index (χ1) is 6.79. The molecule has 1 aromatic carbocycles. The van der Waals surface area contributed by atoms with E-state index in [1.54, 1.807) is 7.05 Å². The summed E-state index contributed by atoms with van der Waals surface area (Å²) >= 11 is 0. The molecular weight excluding hydrogens is 182 g/mol. The lowest BCUT2D eigenvalue weighted by Gasteiger charge is -2.01. The van der Waals surface area contributed by atoms with E-state index in [0.29, 0.717) is 12.2 Å². The van der Waals surface area contributed by atoms with Crippen molar-refractivity contribution in [1.82, 2.24) is 5.32 Å². The highest BCUT2D eigenvalue weighted by molar-refractivity contribution is 5.78. The Bertz CT molecular complexity index is 362. The van der Waals surface area contributed by atoms with Crippen LogP contribution < -0.4 is 14.8 Å². The van der Waals surface area contributed by atoms with E-state index < -0.39 is 0 Å². The van der Waals surface area contributed by atoms with E-state index in [0.717, 1.165) is 11.3 Å². The number of likely N-dealkylation sites (N-methyl/N-ethyl adjacent to an activating group) is 1. The van der Waals surface area contributed by atoms with Crippen molar-refractivity contribution >= 4 is 5.91 Å². The molecule has 2 rings (SSSR count). The fraction of sp³-hybridized carbons (Fsp3) is 0.300. The second-order valence-electron chi connectivity index (χ2n) is 3.04. The summed E-state index contributed by atoms with van der Waals surface area (Å²) in [6.45, 7) is 0.263. The van der Waals surface area contributed by atoms with Crippen LogP contribution in [0.4, 0.5) is 0 Å². The van der Waals surface area contributed by atoms with E-state index >= 15 is 0 Å². The van der Waals surface area contributed by atoms with Gasteiger partial charge in [0.2, 0.25) is 12.7 Å². The molecule has 4 nitrogen and oxygen atoms in total. The van der Waals surface area contributed by atoms with Gasteiger partial charge in [0.15, 0.2) is 11.5 Å². The Morgan fingerprint density at radius 3 is 3.00 bits per heavy atom. The highest BCUT2D eigenvalue weighted by Crippen LogP contribution is 2.32. The summed E-state index contributed by atoms with van der Waals surface area (Å²) in [6, 6.07) is 5.51. The van der Waals surface area contributed by atoms with Crippen molar-refractivity contribution < 1.29 is 14.3 Å². The molecule has 0 saturated heterocycles. The average molecular weight is 193 g/mol. The van der Waals surface area contributed by atoms with Crippen molar-refractivity contribution in [3.8, 4) is 11.5 Å². The minimum Gasteiger partial charge on any atom is -0.454 e. The van der Waals surface area contributed by atoms with Gasteiger partial charge >= 0.3 is 0 Å². The summed E-state index contributed by atoms with van der Waals surface area (Å²) in [5.41, 5.74) is 0.925. The molecule has 1 amide bonds. The Balaban J connectivity index is 2.16. The number of ether oxygens (including phenoxy) is 2. The molecule has 14 heavy (non-hydrogen) atoms. The van der Waals surface area contributed by atoms with Gasteiger partial charge in [-0.15, -0.1) is 0 Å². The third-order valence-electron chi connectivity index (χ3n) is 2.08. The van der Waals surface area contributed by atoms with Gasteiger partial charge in [0.25, 0.3) is 0 Å². The number of hydrogen-bond acceptors (Lipinski definition) is 3. The lowest BCUT2D eigenvalue weighted by atomic mass is 10.1. The van der Waals surface area contributed by atoms with Crippen molar-refractivity contribution in [2.45, 2.75) is 6.42 Å². The monoisotopic (exact) mass is 193 g/mol. The lowest BCUT2D eigenvalue weighted by Crippen LogP contribution is -2.19. The van der Waals surface area contributed by atoms with Crippen molar-refractivity contribution in [1.29, 1.82) is 0 Å². The minimum atomic E-state index is -0.0103. The van der Waals surface area contributed by atoms with Crippen molar-refractivity contribution in [3.63, 3.8) is 0 Å². The normalized spacial score (nSPS) is 12.6. The lowest BCUT2D eigenvalue weighted by molar-refractivity contribution is -0.119. The fourth-order valence-corrected chi connectivity index (χ4v) is 1.32. The van der Waals surface area contributed by atoms with Gasteiger partial charge in [-0.1, -0.05) is 6.07 Å². The van der Waals surface area contributed by atoms with Crippen LogP contribution in [-0.2, 0) is 11.2 Å². The molecule has 0 aliphatic carbocycles. The summed E-state index contributed by atoms with van der Waals surface area (Å²) < 4.78 is 10.4. The van der Waals surface area contributed by atoms with Gasteiger partial charge in [-0.05, 0) is 17.7 Å². The molecule has 0 spiro atoms. The van der Waals surface area contributed by atoms with Gasteiger partial charge < -0.3 is 14.8 Å². The summed E-state index contributed by atoms with van der Waals surface area (Å²) in [7, 11) is 1.62. The zero-order valence-electron chi connectivity index (χ0n) is 7.87. The highest BCUT2D eigenvalue weighted by atomic mass is 16.7. The summed E-state index contributed by atoms with van der Waals surface area (Å²) in [6.07, 6.45) is 0.368. The van der Waals surface area contributed by atoms with Gasteiger partial charge in [-0.2, -0.15) is 0 Å². The topological polar surface area (TPSA) is 47.6 Å². The van der Waals surface area contributed by atoms with Gasteiger partial charge in [-0.25, -0.2) is 0 Å². The molecule has 0 radical (unpaired) electrons. The molecule has 0 aromatic heterocycles. The Labute approximate surface area is 81.8 Å². The molecule has 1 aliphatic rings. The van der Waals surface area contributed by atoms with Crippen LogP contribution in [-0.4, -0.2) is 19.7 Å². The third-order valence-corrected chi connectivity index (χ3v) is 2.08. The smallest absolute Gasteiger partial charge is 0.231 e. The zero-order chi connectivity index (χ0) is 9.97. The second-order valence-corrected chi connectivity index (χ2v) is 3.04. The minimum absolute atomic E-state index is 0.0103. The molecule has 74 valence electrons. The summed E-state index contributed by atoms with van der Waals surface area (Å²) in [4.78, 5) is 11.1. The molecule has 1 N–H and O–H groups in total. The maximum Gasteiger partial charge on any atom is 0.231 e. The molecular formula is C10H11NO3. The average Bonchev–Trinajstić information content (AvgIpc) is 2.64. The van der Waals surface area contributed by atoms with E-state index in [2.05, 4.69) is 5.32 Å². The van der Waals surface area contributed by atoms with Crippen LogP contribution in [0.1, 0.15) is 5.56 Å². The Hall–Kier alpha value is -1.71. The van der Waals surface area contributed by atoms with E-state index in [4.69, 9.17) is 9.47 Å². The Morgan fingerprint density at radius 2 is 2.21 bits per heavy atom. The molecule has 0 saturated carbocycles. The van der Waals surface area contributed by atoms with Crippen LogP contribution in [0.5, 0.6) is 11.5 Å². The number of fused-ring (bicyclic) bond motifs is 1.